The van der Waals surface area contributed by atoms with Gasteiger partial charge < -0.3 is 9.64 Å². The molecule has 158 valence electrons. The molecule has 0 aromatic heterocycles. The molecule has 4 rings (SSSR count). The van der Waals surface area contributed by atoms with E-state index in [4.69, 9.17) is 4.74 Å². The predicted molar refractivity (Wildman–Crippen MR) is 121 cm³/mol. The fourth-order valence-corrected chi connectivity index (χ4v) is 7.62. The van der Waals surface area contributed by atoms with Gasteiger partial charge in [0.25, 0.3) is 5.91 Å². The fourth-order valence-electron chi connectivity index (χ4n) is 3.69. The quantitative estimate of drug-likeness (QED) is 0.703. The van der Waals surface area contributed by atoms with E-state index in [-0.39, 0.29) is 29.4 Å². The molecule has 2 atom stereocenters. The maximum atomic E-state index is 12.5. The van der Waals surface area contributed by atoms with Crippen LogP contribution in [0.25, 0.3) is 0 Å². The first kappa shape index (κ1) is 20.9. The van der Waals surface area contributed by atoms with Crippen LogP contribution in [-0.4, -0.2) is 48.9 Å². The van der Waals surface area contributed by atoms with E-state index in [2.05, 4.69) is 18.8 Å². The number of carbonyl (C=O) groups excluding carboxylic acids is 1. The second-order valence-corrected chi connectivity index (χ2v) is 11.2. The third-order valence-electron chi connectivity index (χ3n) is 5.23. The van der Waals surface area contributed by atoms with Crippen LogP contribution < -0.4 is 9.64 Å². The summed E-state index contributed by atoms with van der Waals surface area (Å²) < 4.78 is 29.9. The molecule has 0 radical (unpaired) electrons. The van der Waals surface area contributed by atoms with E-state index in [1.165, 1.54) is 17.3 Å². The van der Waals surface area contributed by atoms with E-state index < -0.39 is 15.7 Å². The summed E-state index contributed by atoms with van der Waals surface area (Å²) in [5.74, 6) is 0.791. The van der Waals surface area contributed by atoms with E-state index in [9.17, 15) is 13.2 Å². The molecule has 0 bridgehead atoms. The SMILES string of the molecule is CC(C)c1ccc(N2C(=NC(=O)COc3ccccc3)S[C@@H]3CS(=O)(=O)C[C@@H]32)cc1. The first-order chi connectivity index (χ1) is 14.3. The Kier molecular flexibility index (Phi) is 5.88. The highest BCUT2D eigenvalue weighted by atomic mass is 32.2. The van der Waals surface area contributed by atoms with Crippen LogP contribution in [0.2, 0.25) is 0 Å². The lowest BCUT2D eigenvalue weighted by atomic mass is 10.0. The Morgan fingerprint density at radius 2 is 1.83 bits per heavy atom. The van der Waals surface area contributed by atoms with Gasteiger partial charge in [-0.2, -0.15) is 4.99 Å². The average Bonchev–Trinajstić information content (AvgIpc) is 3.18. The van der Waals surface area contributed by atoms with Crippen molar-refractivity contribution in [1.82, 2.24) is 0 Å². The smallest absolute Gasteiger partial charge is 0.285 e. The summed E-state index contributed by atoms with van der Waals surface area (Å²) in [5, 5.41) is 0.417. The number of ether oxygens (including phenoxy) is 1. The van der Waals surface area contributed by atoms with Gasteiger partial charge in [-0.3, -0.25) is 4.79 Å². The predicted octanol–water partition coefficient (Wildman–Crippen LogP) is 3.49. The molecule has 30 heavy (non-hydrogen) atoms. The van der Waals surface area contributed by atoms with E-state index in [0.717, 1.165) is 5.69 Å². The lowest BCUT2D eigenvalue weighted by Gasteiger charge is -2.25. The number of thioether (sulfide) groups is 1. The molecule has 0 unspecified atom stereocenters. The molecule has 2 aromatic rings. The van der Waals surface area contributed by atoms with Crippen molar-refractivity contribution in [1.29, 1.82) is 0 Å². The lowest BCUT2D eigenvalue weighted by molar-refractivity contribution is -0.119. The van der Waals surface area contributed by atoms with Crippen molar-refractivity contribution in [2.24, 2.45) is 4.99 Å². The van der Waals surface area contributed by atoms with Gasteiger partial charge in [0.1, 0.15) is 5.75 Å². The maximum absolute atomic E-state index is 12.5. The Bertz CT molecular complexity index is 1050. The van der Waals surface area contributed by atoms with Crippen LogP contribution in [0.5, 0.6) is 5.75 Å². The zero-order chi connectivity index (χ0) is 21.3. The van der Waals surface area contributed by atoms with Crippen molar-refractivity contribution in [2.75, 3.05) is 23.0 Å². The Hall–Kier alpha value is -2.32. The van der Waals surface area contributed by atoms with E-state index >= 15 is 0 Å². The van der Waals surface area contributed by atoms with Crippen LogP contribution >= 0.6 is 11.8 Å². The molecule has 2 saturated heterocycles. The molecule has 0 aliphatic carbocycles. The standard InChI is InChI=1S/C22H24N2O4S2/c1-15(2)16-8-10-17(11-9-16)24-19-13-30(26,27)14-20(19)29-22(24)23-21(25)12-28-18-6-4-3-5-7-18/h3-11,15,19-20H,12-14H2,1-2H3/t19-,20+/m0/s1. The molecule has 8 heteroatoms. The fraction of sp³-hybridized carbons (Fsp3) is 0.364. The van der Waals surface area contributed by atoms with Crippen LogP contribution in [0, 0.1) is 0 Å². The third-order valence-corrected chi connectivity index (χ3v) is 8.44. The second-order valence-electron chi connectivity index (χ2n) is 7.81. The number of rotatable bonds is 5. The number of amides is 1. The van der Waals surface area contributed by atoms with Crippen molar-refractivity contribution >= 4 is 38.4 Å². The number of carbonyl (C=O) groups is 1. The molecule has 2 fully saturated rings. The molecule has 1 amide bonds. The summed E-state index contributed by atoms with van der Waals surface area (Å²) in [6.07, 6.45) is 0. The number of benzene rings is 2. The Balaban J connectivity index is 1.57. The Labute approximate surface area is 181 Å². The monoisotopic (exact) mass is 444 g/mol. The first-order valence-corrected chi connectivity index (χ1v) is 12.6. The summed E-state index contributed by atoms with van der Waals surface area (Å²) in [7, 11) is -3.09. The first-order valence-electron chi connectivity index (χ1n) is 9.88. The van der Waals surface area contributed by atoms with Crippen LogP contribution in [0.4, 0.5) is 5.69 Å². The molecule has 0 spiro atoms. The number of anilines is 1. The molecule has 0 saturated carbocycles. The number of hydrogen-bond donors (Lipinski definition) is 0. The van der Waals surface area contributed by atoms with E-state index in [1.807, 2.05) is 47.4 Å². The molecule has 2 aromatic carbocycles. The molecule has 0 N–H and O–H groups in total. The molecule has 2 aliphatic rings. The summed E-state index contributed by atoms with van der Waals surface area (Å²) >= 11 is 1.37. The van der Waals surface area contributed by atoms with Crippen molar-refractivity contribution in [3.63, 3.8) is 0 Å². The molecular formula is C22H24N2O4S2. The Morgan fingerprint density at radius 3 is 2.50 bits per heavy atom. The number of nitrogens with zero attached hydrogens (tertiary/aromatic N) is 2. The summed E-state index contributed by atoms with van der Waals surface area (Å²) in [6, 6.07) is 16.9. The number of amidine groups is 1. The van der Waals surface area contributed by atoms with Crippen LogP contribution in [0.3, 0.4) is 0 Å². The van der Waals surface area contributed by atoms with Gasteiger partial charge >= 0.3 is 0 Å². The van der Waals surface area contributed by atoms with Gasteiger partial charge in [0, 0.05) is 10.9 Å². The van der Waals surface area contributed by atoms with Gasteiger partial charge in [0.15, 0.2) is 21.6 Å². The van der Waals surface area contributed by atoms with Gasteiger partial charge in [0.05, 0.1) is 17.5 Å². The minimum absolute atomic E-state index is 0.0737. The molecular weight excluding hydrogens is 420 g/mol. The largest absolute Gasteiger partial charge is 0.484 e. The highest BCUT2D eigenvalue weighted by molar-refractivity contribution is 8.16. The average molecular weight is 445 g/mol. The summed E-state index contributed by atoms with van der Waals surface area (Å²) in [5.41, 5.74) is 2.05. The molecule has 6 nitrogen and oxygen atoms in total. The van der Waals surface area contributed by atoms with Gasteiger partial charge in [-0.05, 0) is 35.7 Å². The van der Waals surface area contributed by atoms with Crippen molar-refractivity contribution in [3.8, 4) is 5.75 Å². The number of para-hydroxylation sites is 1. The van der Waals surface area contributed by atoms with Gasteiger partial charge in [0.2, 0.25) is 0 Å². The minimum Gasteiger partial charge on any atom is -0.484 e. The van der Waals surface area contributed by atoms with E-state index in [1.54, 1.807) is 12.1 Å². The Morgan fingerprint density at radius 1 is 1.13 bits per heavy atom. The van der Waals surface area contributed by atoms with E-state index in [0.29, 0.717) is 16.8 Å². The normalized spacial score (nSPS) is 23.7. The highest BCUT2D eigenvalue weighted by Gasteiger charge is 2.49. The zero-order valence-corrected chi connectivity index (χ0v) is 18.5. The zero-order valence-electron chi connectivity index (χ0n) is 16.9. The van der Waals surface area contributed by atoms with Crippen molar-refractivity contribution < 1.29 is 17.9 Å². The van der Waals surface area contributed by atoms with Crippen molar-refractivity contribution in [2.45, 2.75) is 31.1 Å². The number of sulfone groups is 1. The van der Waals surface area contributed by atoms with Crippen molar-refractivity contribution in [3.05, 3.63) is 60.2 Å². The summed E-state index contributed by atoms with van der Waals surface area (Å²) in [4.78, 5) is 18.7. The van der Waals surface area contributed by atoms with Gasteiger partial charge in [-0.25, -0.2) is 8.42 Å². The minimum atomic E-state index is -3.09. The number of hydrogen-bond acceptors (Lipinski definition) is 5. The third kappa shape index (κ3) is 4.54. The van der Waals surface area contributed by atoms with Crippen LogP contribution in [0.15, 0.2) is 59.6 Å². The van der Waals surface area contributed by atoms with Gasteiger partial charge in [-0.15, -0.1) is 0 Å². The van der Waals surface area contributed by atoms with Crippen LogP contribution in [0.1, 0.15) is 25.3 Å². The van der Waals surface area contributed by atoms with Crippen LogP contribution in [-0.2, 0) is 14.6 Å². The number of aliphatic imine (C=N–C) groups is 1. The lowest BCUT2D eigenvalue weighted by Crippen LogP contribution is -2.37. The number of fused-ring (bicyclic) bond motifs is 1. The highest BCUT2D eigenvalue weighted by Crippen LogP contribution is 2.41. The topological polar surface area (TPSA) is 76.0 Å². The maximum Gasteiger partial charge on any atom is 0.285 e. The summed E-state index contributed by atoms with van der Waals surface area (Å²) in [6.45, 7) is 4.08. The molecule has 2 heterocycles. The second kappa shape index (κ2) is 8.43. The van der Waals surface area contributed by atoms with Gasteiger partial charge in [-0.1, -0.05) is 55.9 Å². The molecule has 2 aliphatic heterocycles.